The van der Waals surface area contributed by atoms with Gasteiger partial charge in [0.25, 0.3) is 0 Å². The lowest BCUT2D eigenvalue weighted by atomic mass is 10.3. The molecule has 1 aromatic rings. The van der Waals surface area contributed by atoms with Crippen molar-refractivity contribution in [2.75, 3.05) is 19.9 Å². The number of guanidine groups is 1. The molecule has 2 aliphatic rings. The minimum atomic E-state index is 0.270. The third kappa shape index (κ3) is 3.21. The highest BCUT2D eigenvalue weighted by molar-refractivity contribution is 5.78. The van der Waals surface area contributed by atoms with Gasteiger partial charge in [0, 0.05) is 12.1 Å². The van der Waals surface area contributed by atoms with Gasteiger partial charge >= 0.3 is 0 Å². The third-order valence-corrected chi connectivity index (χ3v) is 2.92. The molecule has 1 aliphatic heterocycles. The van der Waals surface area contributed by atoms with Crippen LogP contribution in [0.15, 0.2) is 23.2 Å². The van der Waals surface area contributed by atoms with Gasteiger partial charge in [-0.3, -0.25) is 0 Å². The molecule has 0 amide bonds. The number of nitrogens with one attached hydrogen (secondary N) is 1. The molecular weight excluding hydrogens is 246 g/mol. The van der Waals surface area contributed by atoms with Crippen molar-refractivity contribution in [1.82, 2.24) is 5.32 Å². The average molecular weight is 263 g/mol. The number of nitrogens with zero attached hydrogens (tertiary/aromatic N) is 1. The van der Waals surface area contributed by atoms with Gasteiger partial charge in [0.15, 0.2) is 17.5 Å². The first kappa shape index (κ1) is 12.0. The molecule has 0 saturated heterocycles. The molecule has 102 valence electrons. The summed E-state index contributed by atoms with van der Waals surface area (Å²) >= 11 is 0. The molecule has 0 bridgehead atoms. The topological polar surface area (TPSA) is 78.1 Å². The Balaban J connectivity index is 1.44. The molecule has 6 heteroatoms. The standard InChI is InChI=1S/C13H17N3O3/c14-13(16-9-1-2-9)15-5-6-17-10-3-4-11-12(7-10)19-8-18-11/h3-4,7,9H,1-2,5-6,8H2,(H3,14,15,16). The predicted octanol–water partition coefficient (Wildman–Crippen LogP) is 0.861. The number of benzene rings is 1. The van der Waals surface area contributed by atoms with Crippen molar-refractivity contribution in [2.24, 2.45) is 10.7 Å². The summed E-state index contributed by atoms with van der Waals surface area (Å²) in [4.78, 5) is 4.19. The summed E-state index contributed by atoms with van der Waals surface area (Å²) in [6.07, 6.45) is 2.37. The molecular formula is C13H17N3O3. The van der Waals surface area contributed by atoms with E-state index in [4.69, 9.17) is 19.9 Å². The molecule has 0 spiro atoms. The Hall–Kier alpha value is -2.11. The fraction of sp³-hybridized carbons (Fsp3) is 0.462. The zero-order valence-corrected chi connectivity index (χ0v) is 10.6. The van der Waals surface area contributed by atoms with E-state index in [2.05, 4.69) is 10.3 Å². The Bertz CT molecular complexity index is 486. The molecule has 0 atom stereocenters. The van der Waals surface area contributed by atoms with Crippen LogP contribution in [0.1, 0.15) is 12.8 Å². The van der Waals surface area contributed by atoms with Crippen LogP contribution in [0.5, 0.6) is 17.2 Å². The Morgan fingerprint density at radius 3 is 3.05 bits per heavy atom. The average Bonchev–Trinajstić information content (AvgIpc) is 3.09. The van der Waals surface area contributed by atoms with E-state index >= 15 is 0 Å². The van der Waals surface area contributed by atoms with E-state index in [1.165, 1.54) is 12.8 Å². The van der Waals surface area contributed by atoms with Crippen LogP contribution in [0.3, 0.4) is 0 Å². The molecule has 0 unspecified atom stereocenters. The molecule has 1 aliphatic carbocycles. The second-order valence-electron chi connectivity index (χ2n) is 4.55. The minimum absolute atomic E-state index is 0.270. The molecule has 19 heavy (non-hydrogen) atoms. The third-order valence-electron chi connectivity index (χ3n) is 2.92. The summed E-state index contributed by atoms with van der Waals surface area (Å²) in [6.45, 7) is 1.28. The van der Waals surface area contributed by atoms with E-state index in [0.29, 0.717) is 25.2 Å². The zero-order valence-electron chi connectivity index (χ0n) is 10.6. The maximum absolute atomic E-state index is 5.71. The largest absolute Gasteiger partial charge is 0.492 e. The number of rotatable bonds is 5. The van der Waals surface area contributed by atoms with Crippen molar-refractivity contribution < 1.29 is 14.2 Å². The van der Waals surface area contributed by atoms with Gasteiger partial charge in [-0.05, 0) is 25.0 Å². The highest BCUT2D eigenvalue weighted by Gasteiger charge is 2.21. The lowest BCUT2D eigenvalue weighted by Gasteiger charge is -2.06. The Morgan fingerprint density at radius 2 is 2.21 bits per heavy atom. The number of fused-ring (bicyclic) bond motifs is 1. The molecule has 0 aromatic heterocycles. The lowest BCUT2D eigenvalue weighted by Crippen LogP contribution is -2.33. The van der Waals surface area contributed by atoms with E-state index in [1.807, 2.05) is 18.2 Å². The van der Waals surface area contributed by atoms with Crippen LogP contribution < -0.4 is 25.3 Å². The van der Waals surface area contributed by atoms with Gasteiger partial charge in [-0.2, -0.15) is 0 Å². The van der Waals surface area contributed by atoms with Crippen molar-refractivity contribution in [3.8, 4) is 17.2 Å². The van der Waals surface area contributed by atoms with Gasteiger partial charge in [-0.15, -0.1) is 0 Å². The summed E-state index contributed by atoms with van der Waals surface area (Å²) < 4.78 is 16.1. The molecule has 1 fully saturated rings. The first-order chi connectivity index (χ1) is 9.31. The number of aliphatic imine (C=N–C) groups is 1. The first-order valence-electron chi connectivity index (χ1n) is 6.40. The van der Waals surface area contributed by atoms with Crippen LogP contribution in [-0.4, -0.2) is 31.9 Å². The van der Waals surface area contributed by atoms with Gasteiger partial charge in [0.2, 0.25) is 6.79 Å². The molecule has 3 rings (SSSR count). The van der Waals surface area contributed by atoms with Gasteiger partial charge in [-0.1, -0.05) is 0 Å². The van der Waals surface area contributed by atoms with Crippen LogP contribution in [-0.2, 0) is 0 Å². The van der Waals surface area contributed by atoms with Gasteiger partial charge in [0.05, 0.1) is 6.54 Å². The second-order valence-corrected chi connectivity index (χ2v) is 4.55. The maximum Gasteiger partial charge on any atom is 0.231 e. The number of nitrogens with two attached hydrogens (primary N) is 1. The van der Waals surface area contributed by atoms with Crippen molar-refractivity contribution in [3.05, 3.63) is 18.2 Å². The van der Waals surface area contributed by atoms with Crippen molar-refractivity contribution in [2.45, 2.75) is 18.9 Å². The van der Waals surface area contributed by atoms with Crippen LogP contribution in [0.2, 0.25) is 0 Å². The molecule has 1 saturated carbocycles. The monoisotopic (exact) mass is 263 g/mol. The molecule has 3 N–H and O–H groups in total. The predicted molar refractivity (Wildman–Crippen MR) is 70.7 cm³/mol. The maximum atomic E-state index is 5.71. The Morgan fingerprint density at radius 1 is 1.37 bits per heavy atom. The molecule has 1 aromatic carbocycles. The summed E-state index contributed by atoms with van der Waals surface area (Å²) in [6, 6.07) is 6.03. The van der Waals surface area contributed by atoms with E-state index in [9.17, 15) is 0 Å². The van der Waals surface area contributed by atoms with E-state index in [0.717, 1.165) is 17.2 Å². The van der Waals surface area contributed by atoms with E-state index in [1.54, 1.807) is 0 Å². The van der Waals surface area contributed by atoms with Gasteiger partial charge in [0.1, 0.15) is 12.4 Å². The lowest BCUT2D eigenvalue weighted by molar-refractivity contribution is 0.174. The fourth-order valence-electron chi connectivity index (χ4n) is 1.78. The highest BCUT2D eigenvalue weighted by Crippen LogP contribution is 2.34. The van der Waals surface area contributed by atoms with Crippen molar-refractivity contribution >= 4 is 5.96 Å². The number of hydrogen-bond acceptors (Lipinski definition) is 4. The SMILES string of the molecule is NC(=NCCOc1ccc2c(c1)OCO2)NC1CC1. The minimum Gasteiger partial charge on any atom is -0.492 e. The summed E-state index contributed by atoms with van der Waals surface area (Å²) in [5.74, 6) is 2.71. The fourth-order valence-corrected chi connectivity index (χ4v) is 1.78. The van der Waals surface area contributed by atoms with Crippen LogP contribution in [0, 0.1) is 0 Å². The van der Waals surface area contributed by atoms with E-state index in [-0.39, 0.29) is 6.79 Å². The number of hydrogen-bond donors (Lipinski definition) is 2. The second kappa shape index (κ2) is 5.26. The Labute approximate surface area is 111 Å². The normalized spacial score (nSPS) is 17.4. The summed E-state index contributed by atoms with van der Waals surface area (Å²) in [5.41, 5.74) is 5.71. The quantitative estimate of drug-likeness (QED) is 0.468. The molecule has 0 radical (unpaired) electrons. The van der Waals surface area contributed by atoms with E-state index < -0.39 is 0 Å². The zero-order chi connectivity index (χ0) is 13.1. The van der Waals surface area contributed by atoms with Gasteiger partial charge in [-0.25, -0.2) is 4.99 Å². The Kier molecular flexibility index (Phi) is 3.31. The smallest absolute Gasteiger partial charge is 0.231 e. The van der Waals surface area contributed by atoms with Crippen molar-refractivity contribution in [3.63, 3.8) is 0 Å². The summed E-state index contributed by atoms with van der Waals surface area (Å²) in [5, 5.41) is 3.12. The van der Waals surface area contributed by atoms with Crippen LogP contribution in [0.4, 0.5) is 0 Å². The van der Waals surface area contributed by atoms with Crippen LogP contribution >= 0.6 is 0 Å². The van der Waals surface area contributed by atoms with Crippen LogP contribution in [0.25, 0.3) is 0 Å². The molecule has 6 nitrogen and oxygen atoms in total. The number of ether oxygens (including phenoxy) is 3. The highest BCUT2D eigenvalue weighted by atomic mass is 16.7. The van der Waals surface area contributed by atoms with Gasteiger partial charge < -0.3 is 25.3 Å². The van der Waals surface area contributed by atoms with Crippen molar-refractivity contribution in [1.29, 1.82) is 0 Å². The summed E-state index contributed by atoms with van der Waals surface area (Å²) in [7, 11) is 0. The first-order valence-corrected chi connectivity index (χ1v) is 6.40. The molecule has 1 heterocycles.